The van der Waals surface area contributed by atoms with Gasteiger partial charge in [-0.3, -0.25) is 4.79 Å². The number of carbonyl (C=O) groups excluding carboxylic acids is 1. The van der Waals surface area contributed by atoms with Gasteiger partial charge in [0.15, 0.2) is 11.4 Å². The first kappa shape index (κ1) is 11.9. The summed E-state index contributed by atoms with van der Waals surface area (Å²) in [6, 6.07) is 5.65. The molecule has 1 aromatic rings. The van der Waals surface area contributed by atoms with Crippen LogP contribution in [0.25, 0.3) is 0 Å². The maximum Gasteiger partial charge on any atom is 0.197 e. The number of hydrogen-bond acceptors (Lipinski definition) is 3. The van der Waals surface area contributed by atoms with Crippen LogP contribution >= 0.6 is 0 Å². The van der Waals surface area contributed by atoms with E-state index in [1.807, 2.05) is 12.1 Å². The van der Waals surface area contributed by atoms with Gasteiger partial charge in [-0.1, -0.05) is 31.0 Å². The summed E-state index contributed by atoms with van der Waals surface area (Å²) in [5, 5.41) is 20.1. The summed E-state index contributed by atoms with van der Waals surface area (Å²) < 4.78 is 0. The Hall–Kier alpha value is -1.19. The fourth-order valence-corrected chi connectivity index (χ4v) is 3.23. The first-order valence-corrected chi connectivity index (χ1v) is 6.61. The molecule has 0 aromatic heterocycles. The molecule has 2 aliphatic rings. The Balaban J connectivity index is 2.03. The molecule has 0 spiro atoms. The third kappa shape index (κ3) is 1.54. The molecule has 0 radical (unpaired) electrons. The second-order valence-electron chi connectivity index (χ2n) is 5.71. The third-order valence-electron chi connectivity index (χ3n) is 4.43. The van der Waals surface area contributed by atoms with Gasteiger partial charge in [0.1, 0.15) is 6.10 Å². The van der Waals surface area contributed by atoms with Gasteiger partial charge in [0.05, 0.1) is 0 Å². The molecule has 0 heterocycles. The lowest BCUT2D eigenvalue weighted by molar-refractivity contribution is -0.0321. The Bertz CT molecular complexity index is 498. The molecule has 3 rings (SSSR count). The monoisotopic (exact) mass is 246 g/mol. The second kappa shape index (κ2) is 3.90. The van der Waals surface area contributed by atoms with Crippen molar-refractivity contribution in [2.24, 2.45) is 0 Å². The van der Waals surface area contributed by atoms with Crippen LogP contribution in [0.15, 0.2) is 18.2 Å². The van der Waals surface area contributed by atoms with Crippen LogP contribution in [-0.4, -0.2) is 21.6 Å². The SMILES string of the molecule is CC1(O)C(=O)c2ccc(C3CCCC3)cc2C1O. The van der Waals surface area contributed by atoms with Crippen molar-refractivity contribution in [1.82, 2.24) is 0 Å². The number of aliphatic hydroxyl groups is 2. The van der Waals surface area contributed by atoms with Crippen LogP contribution in [0.3, 0.4) is 0 Å². The molecule has 3 nitrogen and oxygen atoms in total. The Morgan fingerprint density at radius 3 is 2.61 bits per heavy atom. The summed E-state index contributed by atoms with van der Waals surface area (Å²) in [6.07, 6.45) is 3.77. The van der Waals surface area contributed by atoms with Crippen LogP contribution in [0, 0.1) is 0 Å². The molecule has 0 amide bonds. The summed E-state index contributed by atoms with van der Waals surface area (Å²) in [5.74, 6) is 0.172. The van der Waals surface area contributed by atoms with E-state index in [4.69, 9.17) is 0 Å². The van der Waals surface area contributed by atoms with Crippen molar-refractivity contribution < 1.29 is 15.0 Å². The minimum Gasteiger partial charge on any atom is -0.385 e. The first-order chi connectivity index (χ1) is 8.51. The number of ketones is 1. The van der Waals surface area contributed by atoms with E-state index in [0.717, 1.165) is 0 Å². The number of hydrogen-bond donors (Lipinski definition) is 2. The smallest absolute Gasteiger partial charge is 0.197 e. The van der Waals surface area contributed by atoms with Crippen LogP contribution in [0.1, 0.15) is 66.1 Å². The van der Waals surface area contributed by atoms with Crippen molar-refractivity contribution >= 4 is 5.78 Å². The van der Waals surface area contributed by atoms with Gasteiger partial charge in [-0.25, -0.2) is 0 Å². The standard InChI is InChI=1S/C15H18O3/c1-15(18)13(16)11-7-6-10(8-12(11)14(15)17)9-4-2-3-5-9/h6-9,14,17-18H,2-5H2,1H3. The lowest BCUT2D eigenvalue weighted by Crippen LogP contribution is -2.35. The van der Waals surface area contributed by atoms with E-state index in [1.165, 1.54) is 38.2 Å². The lowest BCUT2D eigenvalue weighted by atomic mass is 9.94. The second-order valence-corrected chi connectivity index (χ2v) is 5.71. The van der Waals surface area contributed by atoms with E-state index >= 15 is 0 Å². The largest absolute Gasteiger partial charge is 0.385 e. The Morgan fingerprint density at radius 2 is 1.94 bits per heavy atom. The van der Waals surface area contributed by atoms with Gasteiger partial charge >= 0.3 is 0 Å². The molecular formula is C15H18O3. The zero-order chi connectivity index (χ0) is 12.9. The molecule has 96 valence electrons. The van der Waals surface area contributed by atoms with Crippen LogP contribution in [0.4, 0.5) is 0 Å². The van der Waals surface area contributed by atoms with Crippen LogP contribution < -0.4 is 0 Å². The van der Waals surface area contributed by atoms with Crippen molar-refractivity contribution in [3.63, 3.8) is 0 Å². The normalized spacial score (nSPS) is 31.9. The molecular weight excluding hydrogens is 228 g/mol. The number of Topliss-reactive ketones (excluding diaryl/α,β-unsaturated/α-hetero) is 1. The minimum absolute atomic E-state index is 0.372. The Kier molecular flexibility index (Phi) is 2.57. The molecule has 18 heavy (non-hydrogen) atoms. The molecule has 2 N–H and O–H groups in total. The van der Waals surface area contributed by atoms with Crippen molar-refractivity contribution in [3.8, 4) is 0 Å². The zero-order valence-corrected chi connectivity index (χ0v) is 10.5. The zero-order valence-electron chi connectivity index (χ0n) is 10.5. The van der Waals surface area contributed by atoms with Gasteiger partial charge in [-0.2, -0.15) is 0 Å². The minimum atomic E-state index is -1.67. The van der Waals surface area contributed by atoms with Gasteiger partial charge < -0.3 is 10.2 Å². The molecule has 1 saturated carbocycles. The average Bonchev–Trinajstić information content (AvgIpc) is 2.94. The number of benzene rings is 1. The van der Waals surface area contributed by atoms with E-state index in [1.54, 1.807) is 6.07 Å². The fraction of sp³-hybridized carbons (Fsp3) is 0.533. The van der Waals surface area contributed by atoms with Crippen molar-refractivity contribution in [1.29, 1.82) is 0 Å². The summed E-state index contributed by atoms with van der Waals surface area (Å²) >= 11 is 0. The molecule has 2 unspecified atom stereocenters. The molecule has 2 atom stereocenters. The highest BCUT2D eigenvalue weighted by Gasteiger charge is 2.48. The van der Waals surface area contributed by atoms with E-state index in [0.29, 0.717) is 17.0 Å². The third-order valence-corrected chi connectivity index (χ3v) is 4.43. The van der Waals surface area contributed by atoms with E-state index in [2.05, 4.69) is 0 Å². The lowest BCUT2D eigenvalue weighted by Gasteiger charge is -2.19. The number of fused-ring (bicyclic) bond motifs is 1. The molecule has 3 heteroatoms. The molecule has 0 saturated heterocycles. The highest BCUT2D eigenvalue weighted by Crippen LogP contribution is 2.42. The van der Waals surface area contributed by atoms with Crippen LogP contribution in [-0.2, 0) is 0 Å². The van der Waals surface area contributed by atoms with E-state index in [-0.39, 0.29) is 5.78 Å². The fourth-order valence-electron chi connectivity index (χ4n) is 3.23. The van der Waals surface area contributed by atoms with Gasteiger partial charge in [0, 0.05) is 5.56 Å². The highest BCUT2D eigenvalue weighted by molar-refractivity contribution is 6.07. The first-order valence-electron chi connectivity index (χ1n) is 6.61. The van der Waals surface area contributed by atoms with Gasteiger partial charge in [0.25, 0.3) is 0 Å². The molecule has 2 aliphatic carbocycles. The summed E-state index contributed by atoms with van der Waals surface area (Å²) in [6.45, 7) is 1.38. The van der Waals surface area contributed by atoms with Crippen molar-refractivity contribution in [2.75, 3.05) is 0 Å². The molecule has 1 aromatic carbocycles. The summed E-state index contributed by atoms with van der Waals surface area (Å²) in [4.78, 5) is 12.0. The summed E-state index contributed by atoms with van der Waals surface area (Å²) in [7, 11) is 0. The number of carbonyl (C=O) groups is 1. The van der Waals surface area contributed by atoms with Crippen molar-refractivity contribution in [2.45, 2.75) is 50.2 Å². The predicted octanol–water partition coefficient (Wildman–Crippen LogP) is 2.32. The molecule has 0 bridgehead atoms. The number of aliphatic hydroxyl groups excluding tert-OH is 1. The highest BCUT2D eigenvalue weighted by atomic mass is 16.4. The maximum absolute atomic E-state index is 12.0. The van der Waals surface area contributed by atoms with Gasteiger partial charge in [-0.15, -0.1) is 0 Å². The molecule has 0 aliphatic heterocycles. The van der Waals surface area contributed by atoms with Gasteiger partial charge in [0.2, 0.25) is 0 Å². The molecule has 1 fully saturated rings. The van der Waals surface area contributed by atoms with E-state index in [9.17, 15) is 15.0 Å². The maximum atomic E-state index is 12.0. The number of rotatable bonds is 1. The van der Waals surface area contributed by atoms with Gasteiger partial charge in [-0.05, 0) is 36.8 Å². The van der Waals surface area contributed by atoms with Crippen LogP contribution in [0.5, 0.6) is 0 Å². The summed E-state index contributed by atoms with van der Waals surface area (Å²) in [5.41, 5.74) is 0.579. The quantitative estimate of drug-likeness (QED) is 0.799. The van der Waals surface area contributed by atoms with E-state index < -0.39 is 11.7 Å². The predicted molar refractivity (Wildman–Crippen MR) is 67.6 cm³/mol. The topological polar surface area (TPSA) is 57.5 Å². The van der Waals surface area contributed by atoms with Crippen molar-refractivity contribution in [3.05, 3.63) is 34.9 Å². The van der Waals surface area contributed by atoms with Crippen LogP contribution in [0.2, 0.25) is 0 Å². The Labute approximate surface area is 106 Å². The Morgan fingerprint density at radius 1 is 1.28 bits per heavy atom. The average molecular weight is 246 g/mol.